The summed E-state index contributed by atoms with van der Waals surface area (Å²) in [6.07, 6.45) is 11.1. The Bertz CT molecular complexity index is 154. The smallest absolute Gasteiger partial charge is 0.0174 e. The van der Waals surface area contributed by atoms with Crippen molar-refractivity contribution in [2.75, 3.05) is 0 Å². The fourth-order valence-electron chi connectivity index (χ4n) is 2.89. The summed E-state index contributed by atoms with van der Waals surface area (Å²) in [4.78, 5) is 1.55. The van der Waals surface area contributed by atoms with Crippen LogP contribution in [0, 0.1) is 11.8 Å². The molecule has 1 fully saturated rings. The molecular weight excluding hydrogens is 328 g/mol. The molecule has 0 bridgehead atoms. The molecule has 1 aliphatic carbocycles. The Morgan fingerprint density at radius 3 is 1.38 bits per heavy atom. The van der Waals surface area contributed by atoms with Crippen molar-refractivity contribution in [3.05, 3.63) is 0 Å². The zero-order valence-corrected chi connectivity index (χ0v) is 13.9. The summed E-state index contributed by atoms with van der Waals surface area (Å²) >= 11 is 7.75. The summed E-state index contributed by atoms with van der Waals surface area (Å²) in [5, 5.41) is 0. The van der Waals surface area contributed by atoms with E-state index in [-0.39, 0.29) is 0 Å². The Morgan fingerprint density at radius 1 is 0.812 bits per heavy atom. The van der Waals surface area contributed by atoms with Gasteiger partial charge in [0.25, 0.3) is 0 Å². The van der Waals surface area contributed by atoms with Gasteiger partial charge in [-0.25, -0.2) is 0 Å². The highest BCUT2D eigenvalue weighted by molar-refractivity contribution is 9.09. The lowest BCUT2D eigenvalue weighted by atomic mass is 9.78. The molecule has 1 saturated carbocycles. The zero-order valence-electron chi connectivity index (χ0n) is 10.7. The fraction of sp³-hybridized carbons (Fsp3) is 1.00. The van der Waals surface area contributed by atoms with E-state index in [0.29, 0.717) is 0 Å². The Labute approximate surface area is 118 Å². The topological polar surface area (TPSA) is 0 Å². The van der Waals surface area contributed by atoms with E-state index < -0.39 is 0 Å². The van der Waals surface area contributed by atoms with Gasteiger partial charge in [-0.05, 0) is 50.4 Å². The Morgan fingerprint density at radius 2 is 1.12 bits per heavy atom. The molecular formula is C14H26Br2. The van der Waals surface area contributed by atoms with Gasteiger partial charge in [-0.2, -0.15) is 0 Å². The number of alkyl halides is 2. The van der Waals surface area contributed by atoms with E-state index in [1.165, 1.54) is 51.4 Å². The minimum Gasteiger partial charge on any atom is -0.0888 e. The third-order valence-corrected chi connectivity index (χ3v) is 6.38. The van der Waals surface area contributed by atoms with Crippen molar-refractivity contribution in [1.29, 1.82) is 0 Å². The van der Waals surface area contributed by atoms with Crippen LogP contribution in [-0.4, -0.2) is 9.65 Å². The fourth-order valence-corrected chi connectivity index (χ4v) is 4.86. The summed E-state index contributed by atoms with van der Waals surface area (Å²) in [5.74, 6) is 1.88. The second-order valence-corrected chi connectivity index (χ2v) is 7.64. The number of rotatable bonds is 6. The summed E-state index contributed by atoms with van der Waals surface area (Å²) in [6.45, 7) is 4.57. The second-order valence-electron chi connectivity index (χ2n) is 5.28. The average molecular weight is 354 g/mol. The molecule has 96 valence electrons. The maximum atomic E-state index is 3.88. The lowest BCUT2D eigenvalue weighted by Gasteiger charge is -2.33. The van der Waals surface area contributed by atoms with Crippen LogP contribution in [0.5, 0.6) is 0 Å². The van der Waals surface area contributed by atoms with Crippen molar-refractivity contribution < 1.29 is 0 Å². The van der Waals surface area contributed by atoms with Crippen molar-refractivity contribution in [1.82, 2.24) is 0 Å². The minimum absolute atomic E-state index is 0.776. The van der Waals surface area contributed by atoms with E-state index in [1.54, 1.807) is 0 Å². The standard InChI is InChI=1S/C14H26Br2/c1-3-5-13(15)11-7-9-12(10-8-11)14(16)6-4-2/h11-14H,3-10H2,1-2H3. The molecule has 16 heavy (non-hydrogen) atoms. The van der Waals surface area contributed by atoms with Gasteiger partial charge >= 0.3 is 0 Å². The molecule has 1 aliphatic rings. The highest BCUT2D eigenvalue weighted by atomic mass is 79.9. The van der Waals surface area contributed by atoms with Crippen LogP contribution in [0.25, 0.3) is 0 Å². The average Bonchev–Trinajstić information content (AvgIpc) is 2.30. The van der Waals surface area contributed by atoms with E-state index >= 15 is 0 Å². The molecule has 2 unspecified atom stereocenters. The third-order valence-electron chi connectivity index (χ3n) is 3.97. The van der Waals surface area contributed by atoms with Gasteiger partial charge in [-0.3, -0.25) is 0 Å². The van der Waals surface area contributed by atoms with Crippen LogP contribution < -0.4 is 0 Å². The van der Waals surface area contributed by atoms with Gasteiger partial charge in [0.15, 0.2) is 0 Å². The molecule has 0 nitrogen and oxygen atoms in total. The predicted molar refractivity (Wildman–Crippen MR) is 80.7 cm³/mol. The minimum atomic E-state index is 0.776. The normalized spacial score (nSPS) is 30.0. The quantitative estimate of drug-likeness (QED) is 0.520. The van der Waals surface area contributed by atoms with Crippen LogP contribution in [-0.2, 0) is 0 Å². The molecule has 2 heteroatoms. The van der Waals surface area contributed by atoms with Gasteiger partial charge in [0.05, 0.1) is 0 Å². The summed E-state index contributed by atoms with van der Waals surface area (Å²) in [6, 6.07) is 0. The first kappa shape index (κ1) is 15.0. The van der Waals surface area contributed by atoms with Crippen LogP contribution in [0.4, 0.5) is 0 Å². The number of hydrogen-bond acceptors (Lipinski definition) is 0. The second kappa shape index (κ2) is 8.13. The van der Waals surface area contributed by atoms with Crippen molar-refractivity contribution in [2.24, 2.45) is 11.8 Å². The predicted octanol–water partition coefficient (Wildman–Crippen LogP) is 5.92. The molecule has 0 aliphatic heterocycles. The van der Waals surface area contributed by atoms with E-state index in [1.807, 2.05) is 0 Å². The van der Waals surface area contributed by atoms with Gasteiger partial charge in [0, 0.05) is 9.65 Å². The lowest BCUT2D eigenvalue weighted by molar-refractivity contribution is 0.260. The molecule has 2 atom stereocenters. The van der Waals surface area contributed by atoms with Crippen LogP contribution in [0.2, 0.25) is 0 Å². The van der Waals surface area contributed by atoms with Crippen molar-refractivity contribution >= 4 is 31.9 Å². The lowest BCUT2D eigenvalue weighted by Crippen LogP contribution is -2.26. The monoisotopic (exact) mass is 352 g/mol. The van der Waals surface area contributed by atoms with Gasteiger partial charge in [-0.1, -0.05) is 58.5 Å². The summed E-state index contributed by atoms with van der Waals surface area (Å²) in [7, 11) is 0. The highest BCUT2D eigenvalue weighted by Gasteiger charge is 2.28. The Kier molecular flexibility index (Phi) is 7.63. The van der Waals surface area contributed by atoms with Crippen LogP contribution in [0.1, 0.15) is 65.2 Å². The van der Waals surface area contributed by atoms with E-state index in [0.717, 1.165) is 21.5 Å². The largest absolute Gasteiger partial charge is 0.0888 e. The first-order chi connectivity index (χ1) is 7.69. The molecule has 0 aromatic heterocycles. The van der Waals surface area contributed by atoms with E-state index in [2.05, 4.69) is 45.7 Å². The Balaban J connectivity index is 2.27. The molecule has 0 aromatic carbocycles. The maximum absolute atomic E-state index is 3.88. The molecule has 0 saturated heterocycles. The van der Waals surface area contributed by atoms with Crippen molar-refractivity contribution in [3.63, 3.8) is 0 Å². The van der Waals surface area contributed by atoms with Crippen LogP contribution in [0.15, 0.2) is 0 Å². The van der Waals surface area contributed by atoms with Gasteiger partial charge < -0.3 is 0 Å². The SMILES string of the molecule is CCCC(Br)C1CCC(C(Br)CCC)CC1. The maximum Gasteiger partial charge on any atom is 0.0174 e. The summed E-state index contributed by atoms with van der Waals surface area (Å²) < 4.78 is 0. The van der Waals surface area contributed by atoms with Crippen LogP contribution in [0.3, 0.4) is 0 Å². The van der Waals surface area contributed by atoms with Gasteiger partial charge in [-0.15, -0.1) is 0 Å². The third kappa shape index (κ3) is 4.68. The van der Waals surface area contributed by atoms with Crippen molar-refractivity contribution in [3.8, 4) is 0 Å². The molecule has 0 N–H and O–H groups in total. The molecule has 0 radical (unpaired) electrons. The Hall–Kier alpha value is 0.960. The molecule has 0 aromatic rings. The van der Waals surface area contributed by atoms with Crippen molar-refractivity contribution in [2.45, 2.75) is 74.9 Å². The zero-order chi connectivity index (χ0) is 12.0. The molecule has 1 rings (SSSR count). The van der Waals surface area contributed by atoms with Gasteiger partial charge in [0.1, 0.15) is 0 Å². The molecule has 0 amide bonds. The summed E-state index contributed by atoms with van der Waals surface area (Å²) in [5.41, 5.74) is 0. The molecule has 0 heterocycles. The van der Waals surface area contributed by atoms with Gasteiger partial charge in [0.2, 0.25) is 0 Å². The van der Waals surface area contributed by atoms with E-state index in [9.17, 15) is 0 Å². The first-order valence-electron chi connectivity index (χ1n) is 6.97. The highest BCUT2D eigenvalue weighted by Crippen LogP contribution is 2.39. The number of hydrogen-bond donors (Lipinski definition) is 0. The van der Waals surface area contributed by atoms with E-state index in [4.69, 9.17) is 0 Å². The first-order valence-corrected chi connectivity index (χ1v) is 8.80. The molecule has 0 spiro atoms. The van der Waals surface area contributed by atoms with Crippen LogP contribution >= 0.6 is 31.9 Å². The number of halogens is 2.